The van der Waals surface area contributed by atoms with Crippen molar-refractivity contribution in [2.45, 2.75) is 25.1 Å². The minimum atomic E-state index is -4.47. The Kier molecular flexibility index (Phi) is 5.16. The second kappa shape index (κ2) is 6.80. The molecule has 1 aliphatic rings. The number of hydrogen-bond acceptors (Lipinski definition) is 4. The zero-order chi connectivity index (χ0) is 18.0. The highest BCUT2D eigenvalue weighted by molar-refractivity contribution is 7.91. The van der Waals surface area contributed by atoms with E-state index in [1.54, 1.807) is 0 Å². The molecule has 1 atom stereocenters. The van der Waals surface area contributed by atoms with Crippen molar-refractivity contribution >= 4 is 27.3 Å². The molecule has 1 unspecified atom stereocenters. The van der Waals surface area contributed by atoms with E-state index in [-0.39, 0.29) is 17.2 Å². The molecule has 2 amide bonds. The van der Waals surface area contributed by atoms with E-state index in [1.165, 1.54) is 0 Å². The molecule has 0 radical (unpaired) electrons. The van der Waals surface area contributed by atoms with Crippen molar-refractivity contribution in [1.82, 2.24) is 5.32 Å². The summed E-state index contributed by atoms with van der Waals surface area (Å²) in [4.78, 5) is 23.4. The Morgan fingerprint density at radius 2 is 1.75 bits per heavy atom. The first-order chi connectivity index (χ1) is 11.0. The highest BCUT2D eigenvalue weighted by Gasteiger charge is 2.30. The van der Waals surface area contributed by atoms with Crippen molar-refractivity contribution < 1.29 is 31.2 Å². The van der Waals surface area contributed by atoms with Crippen LogP contribution in [0, 0.1) is 0 Å². The fourth-order valence-corrected chi connectivity index (χ4v) is 3.95. The van der Waals surface area contributed by atoms with Crippen molar-refractivity contribution in [2.75, 3.05) is 16.8 Å². The molecular formula is C14H15F3N2O4S. The third-order valence-corrected chi connectivity index (χ3v) is 5.18. The lowest BCUT2D eigenvalue weighted by Crippen LogP contribution is -2.37. The number of amides is 2. The molecule has 0 spiro atoms. The van der Waals surface area contributed by atoms with Crippen LogP contribution < -0.4 is 10.6 Å². The van der Waals surface area contributed by atoms with Gasteiger partial charge in [-0.05, 0) is 30.7 Å². The number of halogens is 3. The van der Waals surface area contributed by atoms with Gasteiger partial charge < -0.3 is 10.6 Å². The number of carbonyl (C=O) groups is 2. The number of hydrogen-bond donors (Lipinski definition) is 2. The summed E-state index contributed by atoms with van der Waals surface area (Å²) in [5.41, 5.74) is -0.718. The standard InChI is InChI=1S/C14H15F3N2O4S/c15-14(16,17)9-1-3-10(4-2-9)18-12(20)7-13(21)19-11-5-6-24(22,23)8-11/h1-4,11H,5-8H2,(H,18,20)(H,19,21). The van der Waals surface area contributed by atoms with E-state index in [4.69, 9.17) is 0 Å². The van der Waals surface area contributed by atoms with Gasteiger partial charge in [-0.25, -0.2) is 8.42 Å². The van der Waals surface area contributed by atoms with E-state index < -0.39 is 45.9 Å². The average Bonchev–Trinajstić information content (AvgIpc) is 2.77. The third kappa shape index (κ3) is 5.22. The van der Waals surface area contributed by atoms with Crippen LogP contribution in [-0.4, -0.2) is 37.8 Å². The number of alkyl halides is 3. The van der Waals surface area contributed by atoms with Crippen LogP contribution in [0.15, 0.2) is 24.3 Å². The molecule has 1 aliphatic heterocycles. The van der Waals surface area contributed by atoms with E-state index >= 15 is 0 Å². The molecule has 6 nitrogen and oxygen atoms in total. The fourth-order valence-electron chi connectivity index (χ4n) is 2.28. The first kappa shape index (κ1) is 18.2. The molecule has 2 rings (SSSR count). The Balaban J connectivity index is 1.83. The van der Waals surface area contributed by atoms with Gasteiger partial charge in [0, 0.05) is 11.7 Å². The van der Waals surface area contributed by atoms with Crippen LogP contribution in [-0.2, 0) is 25.6 Å². The van der Waals surface area contributed by atoms with Crippen LogP contribution in [0.2, 0.25) is 0 Å². The zero-order valence-electron chi connectivity index (χ0n) is 12.4. The van der Waals surface area contributed by atoms with Crippen LogP contribution in [0.4, 0.5) is 18.9 Å². The summed E-state index contributed by atoms with van der Waals surface area (Å²) in [6.45, 7) is 0. The summed E-state index contributed by atoms with van der Waals surface area (Å²) in [5.74, 6) is -1.50. The molecule has 0 aromatic heterocycles. The average molecular weight is 364 g/mol. The molecule has 0 aliphatic carbocycles. The van der Waals surface area contributed by atoms with Crippen molar-refractivity contribution in [3.63, 3.8) is 0 Å². The summed E-state index contributed by atoms with van der Waals surface area (Å²) in [7, 11) is -3.14. The predicted molar refractivity (Wildman–Crippen MR) is 79.9 cm³/mol. The number of rotatable bonds is 4. The number of carbonyl (C=O) groups excluding carboxylic acids is 2. The maximum absolute atomic E-state index is 12.4. The van der Waals surface area contributed by atoms with Crippen LogP contribution in [0.1, 0.15) is 18.4 Å². The highest BCUT2D eigenvalue weighted by atomic mass is 32.2. The van der Waals surface area contributed by atoms with Gasteiger partial charge in [0.15, 0.2) is 9.84 Å². The van der Waals surface area contributed by atoms with Crippen molar-refractivity contribution in [3.05, 3.63) is 29.8 Å². The first-order valence-corrected chi connectivity index (χ1v) is 8.84. The van der Waals surface area contributed by atoms with Gasteiger partial charge in [0.1, 0.15) is 6.42 Å². The Morgan fingerprint density at radius 1 is 1.12 bits per heavy atom. The van der Waals surface area contributed by atoms with E-state index in [0.29, 0.717) is 6.42 Å². The van der Waals surface area contributed by atoms with Crippen molar-refractivity contribution in [1.29, 1.82) is 0 Å². The van der Waals surface area contributed by atoms with Gasteiger partial charge in [0.2, 0.25) is 11.8 Å². The van der Waals surface area contributed by atoms with E-state index in [9.17, 15) is 31.2 Å². The number of anilines is 1. The molecule has 1 aromatic rings. The predicted octanol–water partition coefficient (Wildman–Crippen LogP) is 1.34. The quantitative estimate of drug-likeness (QED) is 0.789. The fraction of sp³-hybridized carbons (Fsp3) is 0.429. The molecule has 10 heteroatoms. The van der Waals surface area contributed by atoms with Gasteiger partial charge in [-0.3, -0.25) is 9.59 Å². The Hall–Kier alpha value is -2.10. The lowest BCUT2D eigenvalue weighted by Gasteiger charge is -2.11. The Bertz CT molecular complexity index is 729. The first-order valence-electron chi connectivity index (χ1n) is 7.02. The number of nitrogens with one attached hydrogen (secondary N) is 2. The van der Waals surface area contributed by atoms with Crippen molar-refractivity contribution in [2.24, 2.45) is 0 Å². The monoisotopic (exact) mass is 364 g/mol. The van der Waals surface area contributed by atoms with Gasteiger partial charge >= 0.3 is 6.18 Å². The Morgan fingerprint density at radius 3 is 2.25 bits per heavy atom. The molecule has 1 heterocycles. The van der Waals surface area contributed by atoms with Crippen LogP contribution >= 0.6 is 0 Å². The second-order valence-corrected chi connectivity index (χ2v) is 7.70. The van der Waals surface area contributed by atoms with Crippen molar-refractivity contribution in [3.8, 4) is 0 Å². The second-order valence-electron chi connectivity index (χ2n) is 5.47. The molecule has 1 aromatic carbocycles. The van der Waals surface area contributed by atoms with Gasteiger partial charge in [-0.2, -0.15) is 13.2 Å². The summed E-state index contributed by atoms with van der Waals surface area (Å²) in [6.07, 6.45) is -4.71. The lowest BCUT2D eigenvalue weighted by molar-refractivity contribution is -0.137. The van der Waals surface area contributed by atoms with E-state index in [0.717, 1.165) is 24.3 Å². The molecule has 1 saturated heterocycles. The summed E-state index contributed by atoms with van der Waals surface area (Å²) < 4.78 is 59.8. The maximum Gasteiger partial charge on any atom is 0.416 e. The van der Waals surface area contributed by atoms with Gasteiger partial charge in [-0.15, -0.1) is 0 Å². The molecule has 0 saturated carbocycles. The van der Waals surface area contributed by atoms with E-state index in [1.807, 2.05) is 0 Å². The number of benzene rings is 1. The largest absolute Gasteiger partial charge is 0.416 e. The molecule has 2 N–H and O–H groups in total. The minimum absolute atomic E-state index is 0.00427. The third-order valence-electron chi connectivity index (χ3n) is 3.41. The summed E-state index contributed by atoms with van der Waals surface area (Å²) in [6, 6.07) is 3.30. The molecular weight excluding hydrogens is 349 g/mol. The minimum Gasteiger partial charge on any atom is -0.352 e. The van der Waals surface area contributed by atoms with Gasteiger partial charge in [0.25, 0.3) is 0 Å². The van der Waals surface area contributed by atoms with E-state index in [2.05, 4.69) is 10.6 Å². The molecule has 24 heavy (non-hydrogen) atoms. The normalized spacial score (nSPS) is 19.7. The zero-order valence-corrected chi connectivity index (χ0v) is 13.2. The lowest BCUT2D eigenvalue weighted by atomic mass is 10.2. The highest BCUT2D eigenvalue weighted by Crippen LogP contribution is 2.29. The molecule has 0 bridgehead atoms. The van der Waals surface area contributed by atoms with Gasteiger partial charge in [0.05, 0.1) is 17.1 Å². The SMILES string of the molecule is O=C(CC(=O)NC1CCS(=O)(=O)C1)Nc1ccc(C(F)(F)F)cc1. The van der Waals surface area contributed by atoms with Crippen LogP contribution in [0.5, 0.6) is 0 Å². The molecule has 1 fully saturated rings. The van der Waals surface area contributed by atoms with Gasteiger partial charge in [-0.1, -0.05) is 0 Å². The summed E-state index contributed by atoms with van der Waals surface area (Å²) in [5, 5.41) is 4.76. The maximum atomic E-state index is 12.4. The smallest absolute Gasteiger partial charge is 0.352 e. The van der Waals surface area contributed by atoms with Crippen LogP contribution in [0.3, 0.4) is 0 Å². The van der Waals surface area contributed by atoms with Crippen LogP contribution in [0.25, 0.3) is 0 Å². The Labute approximate surface area is 136 Å². The molecule has 132 valence electrons. The number of sulfone groups is 1. The topological polar surface area (TPSA) is 92.3 Å². The summed E-state index contributed by atoms with van der Waals surface area (Å²) >= 11 is 0.